The van der Waals surface area contributed by atoms with E-state index in [2.05, 4.69) is 36.5 Å². The molecule has 0 spiro atoms. The lowest BCUT2D eigenvalue weighted by molar-refractivity contribution is 0.230. The number of hydrogen-bond acceptors (Lipinski definition) is 2. The molecule has 1 saturated carbocycles. The molecule has 1 aliphatic heterocycles. The van der Waals surface area contributed by atoms with Crippen molar-refractivity contribution in [2.45, 2.75) is 43.2 Å². The highest BCUT2D eigenvalue weighted by molar-refractivity contribution is 7.99. The van der Waals surface area contributed by atoms with Gasteiger partial charge in [-0.25, -0.2) is 0 Å². The normalized spacial score (nSPS) is 26.2. The topological polar surface area (TPSA) is 12.0 Å². The molecule has 0 bridgehead atoms. The van der Waals surface area contributed by atoms with Crippen LogP contribution in [0.3, 0.4) is 0 Å². The van der Waals surface area contributed by atoms with E-state index in [0.29, 0.717) is 12.1 Å². The zero-order chi connectivity index (χ0) is 11.0. The Hall–Kier alpha value is -0.470. The third-order valence-corrected chi connectivity index (χ3v) is 5.20. The highest BCUT2D eigenvalue weighted by Crippen LogP contribution is 2.39. The van der Waals surface area contributed by atoms with Gasteiger partial charge in [-0.2, -0.15) is 0 Å². The fraction of sp³-hybridized carbons (Fsp3) is 0.571. The molecule has 0 saturated heterocycles. The summed E-state index contributed by atoms with van der Waals surface area (Å²) in [6.45, 7) is 2.36. The molecule has 3 rings (SSSR count). The zero-order valence-corrected chi connectivity index (χ0v) is 10.6. The fourth-order valence-corrected chi connectivity index (χ4v) is 3.87. The molecular formula is C14H19NS. The molecule has 0 radical (unpaired) electrons. The van der Waals surface area contributed by atoms with E-state index in [-0.39, 0.29) is 0 Å². The van der Waals surface area contributed by atoms with Gasteiger partial charge in [0.05, 0.1) is 0 Å². The second kappa shape index (κ2) is 4.42. The van der Waals surface area contributed by atoms with Crippen molar-refractivity contribution in [2.75, 3.05) is 5.75 Å². The molecule has 0 amide bonds. The Morgan fingerprint density at radius 3 is 2.88 bits per heavy atom. The number of rotatable bonds is 3. The maximum atomic E-state index is 3.82. The van der Waals surface area contributed by atoms with E-state index in [1.807, 2.05) is 11.8 Å². The average Bonchev–Trinajstić information content (AvgIpc) is 2.59. The van der Waals surface area contributed by atoms with Crippen LogP contribution in [0.1, 0.15) is 37.8 Å². The Morgan fingerprint density at radius 2 is 2.12 bits per heavy atom. The smallest absolute Gasteiger partial charge is 0.0428 e. The molecule has 1 aromatic carbocycles. The van der Waals surface area contributed by atoms with Crippen molar-refractivity contribution in [3.8, 4) is 0 Å². The maximum absolute atomic E-state index is 3.82. The van der Waals surface area contributed by atoms with E-state index in [1.165, 1.54) is 35.5 Å². The van der Waals surface area contributed by atoms with E-state index < -0.39 is 0 Å². The number of fused-ring (bicyclic) bond motifs is 1. The lowest BCUT2D eigenvalue weighted by Crippen LogP contribution is -2.39. The Kier molecular flexibility index (Phi) is 2.95. The SMILES string of the molecule is CC(NC1CSc2ccccc21)C1CCC1. The van der Waals surface area contributed by atoms with Crippen LogP contribution >= 0.6 is 11.8 Å². The van der Waals surface area contributed by atoms with Crippen LogP contribution in [0.25, 0.3) is 0 Å². The molecule has 1 aliphatic carbocycles. The summed E-state index contributed by atoms with van der Waals surface area (Å²) in [6.07, 6.45) is 4.29. The summed E-state index contributed by atoms with van der Waals surface area (Å²) in [5.74, 6) is 2.13. The Labute approximate surface area is 102 Å². The van der Waals surface area contributed by atoms with Crippen LogP contribution in [0.5, 0.6) is 0 Å². The molecule has 1 fully saturated rings. The number of benzene rings is 1. The summed E-state index contributed by atoms with van der Waals surface area (Å²) in [7, 11) is 0. The minimum absolute atomic E-state index is 0.580. The van der Waals surface area contributed by atoms with Crippen molar-refractivity contribution < 1.29 is 0 Å². The van der Waals surface area contributed by atoms with E-state index >= 15 is 0 Å². The predicted octanol–water partition coefficient (Wildman–Crippen LogP) is 3.61. The fourth-order valence-electron chi connectivity index (χ4n) is 2.69. The van der Waals surface area contributed by atoms with Crippen molar-refractivity contribution in [3.63, 3.8) is 0 Å². The molecule has 1 nitrogen and oxygen atoms in total. The first-order valence-corrected chi connectivity index (χ1v) is 7.31. The van der Waals surface area contributed by atoms with Gasteiger partial charge in [0, 0.05) is 22.7 Å². The van der Waals surface area contributed by atoms with Gasteiger partial charge < -0.3 is 5.32 Å². The molecule has 2 unspecified atom stereocenters. The van der Waals surface area contributed by atoms with E-state index in [4.69, 9.17) is 0 Å². The molecule has 1 N–H and O–H groups in total. The van der Waals surface area contributed by atoms with Crippen molar-refractivity contribution in [1.29, 1.82) is 0 Å². The van der Waals surface area contributed by atoms with Crippen molar-refractivity contribution in [3.05, 3.63) is 29.8 Å². The summed E-state index contributed by atoms with van der Waals surface area (Å²) in [4.78, 5) is 1.47. The number of hydrogen-bond donors (Lipinski definition) is 1. The van der Waals surface area contributed by atoms with E-state index in [9.17, 15) is 0 Å². The van der Waals surface area contributed by atoms with E-state index in [0.717, 1.165) is 5.92 Å². The van der Waals surface area contributed by atoms with Crippen molar-refractivity contribution in [1.82, 2.24) is 5.32 Å². The highest BCUT2D eigenvalue weighted by atomic mass is 32.2. The summed E-state index contributed by atoms with van der Waals surface area (Å²) < 4.78 is 0. The van der Waals surface area contributed by atoms with Crippen LogP contribution in [-0.4, -0.2) is 11.8 Å². The molecule has 0 aromatic heterocycles. The Balaban J connectivity index is 1.68. The molecule has 86 valence electrons. The third-order valence-electron chi connectivity index (χ3n) is 4.02. The lowest BCUT2D eigenvalue weighted by Gasteiger charge is -2.34. The quantitative estimate of drug-likeness (QED) is 0.856. The average molecular weight is 233 g/mol. The van der Waals surface area contributed by atoms with Crippen LogP contribution in [-0.2, 0) is 0 Å². The van der Waals surface area contributed by atoms with E-state index in [1.54, 1.807) is 0 Å². The van der Waals surface area contributed by atoms with Gasteiger partial charge in [0.25, 0.3) is 0 Å². The predicted molar refractivity (Wildman–Crippen MR) is 69.8 cm³/mol. The van der Waals surface area contributed by atoms with Crippen LogP contribution in [0.2, 0.25) is 0 Å². The molecule has 2 atom stereocenters. The minimum atomic E-state index is 0.580. The first-order valence-electron chi connectivity index (χ1n) is 6.32. The van der Waals surface area contributed by atoms with Gasteiger partial charge in [-0.15, -0.1) is 11.8 Å². The van der Waals surface area contributed by atoms with Gasteiger partial charge in [0.15, 0.2) is 0 Å². The molecule has 1 heterocycles. The molecule has 2 heteroatoms. The summed E-state index contributed by atoms with van der Waals surface area (Å²) >= 11 is 1.99. The Morgan fingerprint density at radius 1 is 1.31 bits per heavy atom. The lowest BCUT2D eigenvalue weighted by atomic mass is 9.80. The standard InChI is InChI=1S/C14H19NS/c1-10(11-5-4-6-11)15-13-9-16-14-8-3-2-7-12(13)14/h2-3,7-8,10-11,13,15H,4-6,9H2,1H3. The van der Waals surface area contributed by atoms with Crippen LogP contribution < -0.4 is 5.32 Å². The van der Waals surface area contributed by atoms with Crippen molar-refractivity contribution >= 4 is 11.8 Å². The molecule has 16 heavy (non-hydrogen) atoms. The number of thioether (sulfide) groups is 1. The summed E-state index contributed by atoms with van der Waals surface area (Å²) in [5, 5.41) is 3.82. The molecule has 1 aromatic rings. The monoisotopic (exact) mass is 233 g/mol. The van der Waals surface area contributed by atoms with Crippen LogP contribution in [0, 0.1) is 5.92 Å². The van der Waals surface area contributed by atoms with Gasteiger partial charge in [-0.1, -0.05) is 24.6 Å². The largest absolute Gasteiger partial charge is 0.306 e. The van der Waals surface area contributed by atoms with Gasteiger partial charge in [0.1, 0.15) is 0 Å². The summed E-state index contributed by atoms with van der Waals surface area (Å²) in [6, 6.07) is 10.1. The number of nitrogens with one attached hydrogen (secondary N) is 1. The van der Waals surface area contributed by atoms with Gasteiger partial charge in [0.2, 0.25) is 0 Å². The van der Waals surface area contributed by atoms with Gasteiger partial charge in [-0.3, -0.25) is 0 Å². The molecular weight excluding hydrogens is 214 g/mol. The second-order valence-corrected chi connectivity index (χ2v) is 6.11. The third kappa shape index (κ3) is 1.89. The zero-order valence-electron chi connectivity index (χ0n) is 9.78. The van der Waals surface area contributed by atoms with Crippen molar-refractivity contribution in [2.24, 2.45) is 5.92 Å². The van der Waals surface area contributed by atoms with Gasteiger partial charge >= 0.3 is 0 Å². The van der Waals surface area contributed by atoms with Gasteiger partial charge in [-0.05, 0) is 37.3 Å². The Bertz CT molecular complexity index is 373. The highest BCUT2D eigenvalue weighted by Gasteiger charge is 2.29. The minimum Gasteiger partial charge on any atom is -0.306 e. The van der Waals surface area contributed by atoms with Crippen LogP contribution in [0.4, 0.5) is 0 Å². The molecule has 2 aliphatic rings. The van der Waals surface area contributed by atoms with Crippen LogP contribution in [0.15, 0.2) is 29.2 Å². The summed E-state index contributed by atoms with van der Waals surface area (Å²) in [5.41, 5.74) is 1.51. The first kappa shape index (κ1) is 10.7. The second-order valence-electron chi connectivity index (χ2n) is 5.05. The first-order chi connectivity index (χ1) is 7.84. The maximum Gasteiger partial charge on any atom is 0.0428 e.